The zero-order valence-corrected chi connectivity index (χ0v) is 20.1. The molecule has 6 heteroatoms. The van der Waals surface area contributed by atoms with Crippen LogP contribution in [0, 0.1) is 12.7 Å². The van der Waals surface area contributed by atoms with E-state index in [2.05, 4.69) is 6.92 Å². The standard InChI is InChI=1S/C28H27FN2O2S/c1-3-4-17-31-27(32)26(34-28(31)30-24-13-5-20(2)6-14-24)18-21-9-15-25(16-10-21)33-19-22-7-11-23(29)12-8-22/h5-16,18H,3-4,17,19H2,1-2H3/b26-18+,30-28?. The molecule has 3 aromatic rings. The lowest BCUT2D eigenvalue weighted by molar-refractivity contribution is -0.122. The van der Waals surface area contributed by atoms with Crippen molar-refractivity contribution in [3.05, 3.63) is 100 Å². The maximum atomic E-state index is 13.1. The van der Waals surface area contributed by atoms with E-state index in [1.807, 2.05) is 61.5 Å². The highest BCUT2D eigenvalue weighted by Crippen LogP contribution is 2.34. The van der Waals surface area contributed by atoms with Gasteiger partial charge in [0.2, 0.25) is 0 Å². The van der Waals surface area contributed by atoms with Crippen molar-refractivity contribution in [2.45, 2.75) is 33.3 Å². The van der Waals surface area contributed by atoms with Crippen LogP contribution in [0.25, 0.3) is 6.08 Å². The van der Waals surface area contributed by atoms with Gasteiger partial charge in [0, 0.05) is 6.54 Å². The molecule has 1 saturated heterocycles. The number of nitrogens with zero attached hydrogens (tertiary/aromatic N) is 2. The van der Waals surface area contributed by atoms with Crippen molar-refractivity contribution in [2.24, 2.45) is 4.99 Å². The first-order chi connectivity index (χ1) is 16.5. The Morgan fingerprint density at radius 3 is 2.38 bits per heavy atom. The summed E-state index contributed by atoms with van der Waals surface area (Å²) in [6.45, 7) is 5.17. The van der Waals surface area contributed by atoms with E-state index in [1.165, 1.54) is 29.5 Å². The monoisotopic (exact) mass is 474 g/mol. The second kappa shape index (κ2) is 11.2. The number of aryl methyl sites for hydroxylation is 1. The Hall–Kier alpha value is -3.38. The number of ether oxygens (including phenoxy) is 1. The molecule has 4 nitrogen and oxygen atoms in total. The van der Waals surface area contributed by atoms with Crippen LogP contribution in [0.3, 0.4) is 0 Å². The summed E-state index contributed by atoms with van der Waals surface area (Å²) in [6, 6.07) is 21.8. The van der Waals surface area contributed by atoms with Crippen molar-refractivity contribution in [1.29, 1.82) is 0 Å². The van der Waals surface area contributed by atoms with Gasteiger partial charge in [-0.15, -0.1) is 0 Å². The molecule has 4 rings (SSSR count). The molecule has 0 aliphatic carbocycles. The maximum Gasteiger partial charge on any atom is 0.266 e. The van der Waals surface area contributed by atoms with Crippen molar-refractivity contribution in [1.82, 2.24) is 4.90 Å². The molecule has 1 amide bonds. The summed E-state index contributed by atoms with van der Waals surface area (Å²) < 4.78 is 18.8. The highest BCUT2D eigenvalue weighted by Gasteiger charge is 2.32. The zero-order chi connectivity index (χ0) is 23.9. The van der Waals surface area contributed by atoms with E-state index in [4.69, 9.17) is 9.73 Å². The number of rotatable bonds is 8. The number of unbranched alkanes of at least 4 members (excludes halogenated alkanes) is 1. The zero-order valence-electron chi connectivity index (χ0n) is 19.3. The molecular weight excluding hydrogens is 447 g/mol. The molecule has 0 N–H and O–H groups in total. The molecular formula is C28H27FN2O2S. The fourth-order valence-corrected chi connectivity index (χ4v) is 4.42. The first-order valence-corrected chi connectivity index (χ1v) is 12.2. The van der Waals surface area contributed by atoms with Crippen molar-refractivity contribution in [2.75, 3.05) is 6.54 Å². The van der Waals surface area contributed by atoms with Gasteiger partial charge in [-0.05, 0) is 78.7 Å². The minimum absolute atomic E-state index is 0.0130. The molecule has 34 heavy (non-hydrogen) atoms. The Kier molecular flexibility index (Phi) is 7.80. The predicted octanol–water partition coefficient (Wildman–Crippen LogP) is 7.12. The van der Waals surface area contributed by atoms with Crippen LogP contribution < -0.4 is 4.74 Å². The second-order valence-electron chi connectivity index (χ2n) is 8.14. The molecule has 0 saturated carbocycles. The number of hydrogen-bond acceptors (Lipinski definition) is 4. The lowest BCUT2D eigenvalue weighted by Gasteiger charge is -2.14. The molecule has 0 radical (unpaired) electrons. The number of aliphatic imine (C=N–C) groups is 1. The lowest BCUT2D eigenvalue weighted by Crippen LogP contribution is -2.30. The van der Waals surface area contributed by atoms with Crippen molar-refractivity contribution < 1.29 is 13.9 Å². The largest absolute Gasteiger partial charge is 0.489 e. The summed E-state index contributed by atoms with van der Waals surface area (Å²) in [5, 5.41) is 0.716. The number of thioether (sulfide) groups is 1. The number of hydrogen-bond donors (Lipinski definition) is 0. The predicted molar refractivity (Wildman–Crippen MR) is 138 cm³/mol. The summed E-state index contributed by atoms with van der Waals surface area (Å²) in [6.07, 6.45) is 3.82. The van der Waals surface area contributed by atoms with Crippen LogP contribution in [-0.4, -0.2) is 22.5 Å². The van der Waals surface area contributed by atoms with E-state index in [0.717, 1.165) is 29.7 Å². The average molecular weight is 475 g/mol. The minimum Gasteiger partial charge on any atom is -0.489 e. The number of amidine groups is 1. The SMILES string of the molecule is CCCCN1C(=O)/C(=C\c2ccc(OCc3ccc(F)cc3)cc2)SC1=Nc1ccc(C)cc1. The third kappa shape index (κ3) is 6.14. The molecule has 174 valence electrons. The Bertz CT molecular complexity index is 1190. The van der Waals surface area contributed by atoms with Crippen LogP contribution in [-0.2, 0) is 11.4 Å². The summed E-state index contributed by atoms with van der Waals surface area (Å²) >= 11 is 1.41. The summed E-state index contributed by atoms with van der Waals surface area (Å²) in [5.74, 6) is 0.435. The van der Waals surface area contributed by atoms with E-state index >= 15 is 0 Å². The van der Waals surface area contributed by atoms with Gasteiger partial charge >= 0.3 is 0 Å². The van der Waals surface area contributed by atoms with Gasteiger partial charge in [-0.2, -0.15) is 0 Å². The summed E-state index contributed by atoms with van der Waals surface area (Å²) in [5.41, 5.74) is 3.82. The molecule has 1 heterocycles. The summed E-state index contributed by atoms with van der Waals surface area (Å²) in [4.78, 5) is 20.3. The fraction of sp³-hybridized carbons (Fsp3) is 0.214. The lowest BCUT2D eigenvalue weighted by atomic mass is 10.2. The Balaban J connectivity index is 1.48. The maximum absolute atomic E-state index is 13.1. The van der Waals surface area contributed by atoms with Gasteiger partial charge in [-0.1, -0.05) is 55.3 Å². The van der Waals surface area contributed by atoms with E-state index in [1.54, 1.807) is 17.0 Å². The van der Waals surface area contributed by atoms with Gasteiger partial charge in [0.1, 0.15) is 18.2 Å². The van der Waals surface area contributed by atoms with E-state index in [9.17, 15) is 9.18 Å². The number of carbonyl (C=O) groups is 1. The highest BCUT2D eigenvalue weighted by atomic mass is 32.2. The fourth-order valence-electron chi connectivity index (χ4n) is 3.39. The van der Waals surface area contributed by atoms with Crippen LogP contribution in [0.5, 0.6) is 5.75 Å². The van der Waals surface area contributed by atoms with Gasteiger partial charge in [-0.25, -0.2) is 9.38 Å². The number of halogens is 1. The molecule has 0 aromatic heterocycles. The Labute approximate surface area is 204 Å². The first-order valence-electron chi connectivity index (χ1n) is 11.4. The number of amides is 1. The number of carbonyl (C=O) groups excluding carboxylic acids is 1. The smallest absolute Gasteiger partial charge is 0.266 e. The minimum atomic E-state index is -0.263. The average Bonchev–Trinajstić information content (AvgIpc) is 3.13. The molecule has 1 aliphatic rings. The van der Waals surface area contributed by atoms with Crippen molar-refractivity contribution in [3.63, 3.8) is 0 Å². The van der Waals surface area contributed by atoms with Crippen LogP contribution in [0.15, 0.2) is 82.7 Å². The van der Waals surface area contributed by atoms with Crippen LogP contribution in [0.1, 0.15) is 36.5 Å². The Morgan fingerprint density at radius 1 is 1.00 bits per heavy atom. The molecule has 3 aromatic carbocycles. The second-order valence-corrected chi connectivity index (χ2v) is 9.14. The van der Waals surface area contributed by atoms with Gasteiger partial charge in [0.25, 0.3) is 5.91 Å². The van der Waals surface area contributed by atoms with Crippen LogP contribution in [0.2, 0.25) is 0 Å². The van der Waals surface area contributed by atoms with E-state index in [0.29, 0.717) is 29.0 Å². The molecule has 0 bridgehead atoms. The topological polar surface area (TPSA) is 41.9 Å². The van der Waals surface area contributed by atoms with Gasteiger partial charge in [0.15, 0.2) is 5.17 Å². The molecule has 0 unspecified atom stereocenters. The van der Waals surface area contributed by atoms with Gasteiger partial charge < -0.3 is 4.74 Å². The van der Waals surface area contributed by atoms with Crippen LogP contribution >= 0.6 is 11.8 Å². The third-order valence-corrected chi connectivity index (χ3v) is 6.39. The van der Waals surface area contributed by atoms with Crippen molar-refractivity contribution in [3.8, 4) is 5.75 Å². The molecule has 0 spiro atoms. The molecule has 1 aliphatic heterocycles. The van der Waals surface area contributed by atoms with E-state index in [-0.39, 0.29) is 11.7 Å². The molecule has 1 fully saturated rings. The quantitative estimate of drug-likeness (QED) is 0.327. The summed E-state index contributed by atoms with van der Waals surface area (Å²) in [7, 11) is 0. The Morgan fingerprint density at radius 2 is 1.71 bits per heavy atom. The highest BCUT2D eigenvalue weighted by molar-refractivity contribution is 8.18. The van der Waals surface area contributed by atoms with Crippen molar-refractivity contribution >= 4 is 34.6 Å². The number of benzene rings is 3. The van der Waals surface area contributed by atoms with Gasteiger partial charge in [-0.3, -0.25) is 9.69 Å². The van der Waals surface area contributed by atoms with E-state index < -0.39 is 0 Å². The van der Waals surface area contributed by atoms with Crippen LogP contribution in [0.4, 0.5) is 10.1 Å². The third-order valence-electron chi connectivity index (χ3n) is 5.38. The first kappa shape index (κ1) is 23.8. The normalized spacial score (nSPS) is 16.0. The van der Waals surface area contributed by atoms with Gasteiger partial charge in [0.05, 0.1) is 10.6 Å². The molecule has 0 atom stereocenters.